The Morgan fingerprint density at radius 1 is 0.964 bits per heavy atom. The van der Waals surface area contributed by atoms with Gasteiger partial charge in [0.15, 0.2) is 0 Å². The Balaban J connectivity index is 1.93. The summed E-state index contributed by atoms with van der Waals surface area (Å²) in [6.45, 7) is 0. The standard InChI is InChI=1S/C18H12BrClN2O5S/c19-12-1-7-18(8-2-12)28(25,26)21-14-9-15(22(23)24)11-17(10-14)27-16-5-3-13(20)4-6-16/h1-11,21H. The quantitative estimate of drug-likeness (QED) is 0.363. The molecule has 0 aliphatic heterocycles. The van der Waals surface area contributed by atoms with Crippen molar-refractivity contribution in [2.24, 2.45) is 0 Å². The second-order valence-corrected chi connectivity index (χ2v) is 8.62. The van der Waals surface area contributed by atoms with E-state index < -0.39 is 14.9 Å². The van der Waals surface area contributed by atoms with Gasteiger partial charge in [-0.3, -0.25) is 14.8 Å². The smallest absolute Gasteiger partial charge is 0.275 e. The Labute approximate surface area is 174 Å². The monoisotopic (exact) mass is 482 g/mol. The van der Waals surface area contributed by atoms with Gasteiger partial charge < -0.3 is 4.74 Å². The van der Waals surface area contributed by atoms with E-state index in [1.165, 1.54) is 24.3 Å². The summed E-state index contributed by atoms with van der Waals surface area (Å²) in [4.78, 5) is 10.6. The number of nitro benzene ring substituents is 1. The summed E-state index contributed by atoms with van der Waals surface area (Å²) in [5, 5.41) is 11.7. The van der Waals surface area contributed by atoms with Gasteiger partial charge in [0, 0.05) is 21.6 Å². The fourth-order valence-corrected chi connectivity index (χ4v) is 3.70. The van der Waals surface area contributed by atoms with Gasteiger partial charge in [0.05, 0.1) is 21.6 Å². The number of ether oxygens (including phenoxy) is 1. The Kier molecular flexibility index (Phi) is 5.87. The average molecular weight is 484 g/mol. The predicted octanol–water partition coefficient (Wildman–Crippen LogP) is 5.60. The molecule has 0 unspecified atom stereocenters. The zero-order valence-electron chi connectivity index (χ0n) is 14.0. The SMILES string of the molecule is O=[N+]([O-])c1cc(NS(=O)(=O)c2ccc(Br)cc2)cc(Oc2ccc(Cl)cc2)c1. The first kappa shape index (κ1) is 20.1. The minimum atomic E-state index is -3.93. The number of hydrogen-bond donors (Lipinski definition) is 1. The third kappa shape index (κ3) is 5.00. The first-order valence-corrected chi connectivity index (χ1v) is 10.4. The summed E-state index contributed by atoms with van der Waals surface area (Å²) >= 11 is 9.06. The van der Waals surface area contributed by atoms with Crippen LogP contribution in [0.25, 0.3) is 0 Å². The molecule has 28 heavy (non-hydrogen) atoms. The number of nitrogens with one attached hydrogen (secondary N) is 1. The molecule has 7 nitrogen and oxygen atoms in total. The van der Waals surface area contributed by atoms with E-state index in [1.54, 1.807) is 36.4 Å². The first-order chi connectivity index (χ1) is 13.2. The zero-order valence-corrected chi connectivity index (χ0v) is 17.2. The molecule has 0 radical (unpaired) electrons. The highest BCUT2D eigenvalue weighted by molar-refractivity contribution is 9.10. The van der Waals surface area contributed by atoms with Crippen LogP contribution in [0.4, 0.5) is 11.4 Å². The summed E-state index contributed by atoms with van der Waals surface area (Å²) in [7, 11) is -3.93. The first-order valence-electron chi connectivity index (χ1n) is 7.74. The maximum atomic E-state index is 12.5. The lowest BCUT2D eigenvalue weighted by atomic mass is 10.2. The number of nitro groups is 1. The minimum absolute atomic E-state index is 0.00100. The summed E-state index contributed by atoms with van der Waals surface area (Å²) in [6.07, 6.45) is 0. The number of benzene rings is 3. The van der Waals surface area contributed by atoms with Crippen molar-refractivity contribution in [2.45, 2.75) is 4.90 Å². The van der Waals surface area contributed by atoms with Gasteiger partial charge in [-0.05, 0) is 48.5 Å². The second kappa shape index (κ2) is 8.17. The highest BCUT2D eigenvalue weighted by Gasteiger charge is 2.18. The third-order valence-corrected chi connectivity index (χ3v) is 5.71. The van der Waals surface area contributed by atoms with Crippen molar-refractivity contribution in [2.75, 3.05) is 4.72 Å². The molecule has 0 bridgehead atoms. The third-order valence-electron chi connectivity index (χ3n) is 3.53. The largest absolute Gasteiger partial charge is 0.457 e. The van der Waals surface area contributed by atoms with Gasteiger partial charge in [-0.2, -0.15) is 0 Å². The van der Waals surface area contributed by atoms with E-state index in [0.29, 0.717) is 10.8 Å². The van der Waals surface area contributed by atoms with Crippen LogP contribution in [0.2, 0.25) is 5.02 Å². The van der Waals surface area contributed by atoms with Crippen LogP contribution in [-0.4, -0.2) is 13.3 Å². The van der Waals surface area contributed by atoms with Gasteiger partial charge in [0.2, 0.25) is 0 Å². The van der Waals surface area contributed by atoms with E-state index in [1.807, 2.05) is 0 Å². The number of rotatable bonds is 6. The number of sulfonamides is 1. The molecule has 3 aromatic carbocycles. The van der Waals surface area contributed by atoms with E-state index in [4.69, 9.17) is 16.3 Å². The summed E-state index contributed by atoms with van der Waals surface area (Å²) < 4.78 is 33.8. The molecule has 0 saturated heterocycles. The molecule has 3 aromatic rings. The molecule has 0 aliphatic carbocycles. The van der Waals surface area contributed by atoms with E-state index in [-0.39, 0.29) is 22.0 Å². The van der Waals surface area contributed by atoms with Gasteiger partial charge >= 0.3 is 0 Å². The van der Waals surface area contributed by atoms with E-state index in [0.717, 1.165) is 10.5 Å². The van der Waals surface area contributed by atoms with Crippen LogP contribution in [0.5, 0.6) is 11.5 Å². The predicted molar refractivity (Wildman–Crippen MR) is 110 cm³/mol. The molecule has 0 heterocycles. The van der Waals surface area contributed by atoms with Crippen molar-refractivity contribution in [3.63, 3.8) is 0 Å². The Morgan fingerprint density at radius 3 is 2.21 bits per heavy atom. The van der Waals surface area contributed by atoms with Crippen LogP contribution < -0.4 is 9.46 Å². The van der Waals surface area contributed by atoms with Crippen LogP contribution >= 0.6 is 27.5 Å². The van der Waals surface area contributed by atoms with Crippen LogP contribution in [-0.2, 0) is 10.0 Å². The lowest BCUT2D eigenvalue weighted by Gasteiger charge is -2.11. The molecule has 0 amide bonds. The Bertz CT molecular complexity index is 1120. The maximum absolute atomic E-state index is 12.5. The van der Waals surface area contributed by atoms with Crippen LogP contribution in [0.1, 0.15) is 0 Å². The van der Waals surface area contributed by atoms with E-state index >= 15 is 0 Å². The molecule has 0 aromatic heterocycles. The van der Waals surface area contributed by atoms with Gasteiger partial charge in [-0.15, -0.1) is 0 Å². The van der Waals surface area contributed by atoms with E-state index in [2.05, 4.69) is 20.7 Å². The molecule has 144 valence electrons. The lowest BCUT2D eigenvalue weighted by Crippen LogP contribution is -2.13. The van der Waals surface area contributed by atoms with Gasteiger partial charge in [-0.1, -0.05) is 27.5 Å². The highest BCUT2D eigenvalue weighted by Crippen LogP contribution is 2.31. The van der Waals surface area contributed by atoms with Crippen molar-refractivity contribution >= 4 is 48.9 Å². The summed E-state index contributed by atoms with van der Waals surface area (Å²) in [6, 6.07) is 16.0. The van der Waals surface area contributed by atoms with Crippen molar-refractivity contribution in [3.8, 4) is 11.5 Å². The molecule has 0 atom stereocenters. The van der Waals surface area contributed by atoms with Crippen molar-refractivity contribution in [1.29, 1.82) is 0 Å². The lowest BCUT2D eigenvalue weighted by molar-refractivity contribution is -0.384. The second-order valence-electron chi connectivity index (χ2n) is 5.59. The van der Waals surface area contributed by atoms with Gasteiger partial charge in [0.25, 0.3) is 15.7 Å². The fraction of sp³-hybridized carbons (Fsp3) is 0. The number of halogens is 2. The number of hydrogen-bond acceptors (Lipinski definition) is 5. The van der Waals surface area contributed by atoms with Gasteiger partial charge in [-0.25, -0.2) is 8.42 Å². The van der Waals surface area contributed by atoms with Crippen molar-refractivity contribution < 1.29 is 18.1 Å². The molecule has 0 saturated carbocycles. The van der Waals surface area contributed by atoms with Crippen molar-refractivity contribution in [1.82, 2.24) is 0 Å². The van der Waals surface area contributed by atoms with Crippen LogP contribution in [0.15, 0.2) is 76.1 Å². The zero-order chi connectivity index (χ0) is 20.3. The molecular formula is C18H12BrClN2O5S. The Morgan fingerprint density at radius 2 is 1.61 bits per heavy atom. The molecule has 10 heteroatoms. The Hall–Kier alpha value is -2.62. The molecule has 0 aliphatic rings. The minimum Gasteiger partial charge on any atom is -0.457 e. The molecule has 1 N–H and O–H groups in total. The number of nitrogens with zero attached hydrogens (tertiary/aromatic N) is 1. The molecule has 0 spiro atoms. The highest BCUT2D eigenvalue weighted by atomic mass is 79.9. The van der Waals surface area contributed by atoms with Crippen LogP contribution in [0.3, 0.4) is 0 Å². The molecule has 3 rings (SSSR count). The molecule has 0 fully saturated rings. The normalized spacial score (nSPS) is 11.1. The van der Waals surface area contributed by atoms with E-state index in [9.17, 15) is 18.5 Å². The average Bonchev–Trinajstić information content (AvgIpc) is 2.63. The van der Waals surface area contributed by atoms with Gasteiger partial charge in [0.1, 0.15) is 11.5 Å². The maximum Gasteiger partial charge on any atom is 0.275 e. The fourth-order valence-electron chi connectivity index (χ4n) is 2.27. The summed E-state index contributed by atoms with van der Waals surface area (Å²) in [5.74, 6) is 0.497. The number of anilines is 1. The topological polar surface area (TPSA) is 98.5 Å². The van der Waals surface area contributed by atoms with Crippen LogP contribution in [0, 0.1) is 10.1 Å². The van der Waals surface area contributed by atoms with Crippen molar-refractivity contribution in [3.05, 3.63) is 86.3 Å². The number of non-ortho nitro benzene ring substituents is 1. The molecular weight excluding hydrogens is 472 g/mol. The summed E-state index contributed by atoms with van der Waals surface area (Å²) in [5.41, 5.74) is -0.318.